The summed E-state index contributed by atoms with van der Waals surface area (Å²) in [4.78, 5) is 0.246. The van der Waals surface area contributed by atoms with Crippen molar-refractivity contribution in [2.75, 3.05) is 24.1 Å². The maximum absolute atomic E-state index is 13.6. The van der Waals surface area contributed by atoms with Crippen LogP contribution >= 0.6 is 0 Å². The number of aliphatic hydroxyl groups is 1. The minimum absolute atomic E-state index is 0.0768. The molecule has 174 valence electrons. The van der Waals surface area contributed by atoms with Crippen molar-refractivity contribution < 1.29 is 23.0 Å². The Morgan fingerprint density at radius 2 is 1.84 bits per heavy atom. The Bertz CT molecular complexity index is 1020. The van der Waals surface area contributed by atoms with E-state index in [1.54, 1.807) is 28.6 Å². The number of sulfonamides is 1. The Kier molecular flexibility index (Phi) is 7.08. The fourth-order valence-corrected chi connectivity index (χ4v) is 6.43. The highest BCUT2D eigenvalue weighted by Gasteiger charge is 2.34. The lowest BCUT2D eigenvalue weighted by Gasteiger charge is -2.36. The highest BCUT2D eigenvalue weighted by molar-refractivity contribution is 7.92. The highest BCUT2D eigenvalue weighted by Crippen LogP contribution is 2.36. The van der Waals surface area contributed by atoms with Crippen molar-refractivity contribution in [3.63, 3.8) is 0 Å². The lowest BCUT2D eigenvalue weighted by Crippen LogP contribution is -2.42. The first-order valence-electron chi connectivity index (χ1n) is 11.6. The molecule has 32 heavy (non-hydrogen) atoms. The summed E-state index contributed by atoms with van der Waals surface area (Å²) in [5, 5.41) is 9.78. The molecule has 0 bridgehead atoms. The third-order valence-electron chi connectivity index (χ3n) is 6.66. The zero-order valence-electron chi connectivity index (χ0n) is 18.9. The maximum atomic E-state index is 13.6. The Morgan fingerprint density at radius 1 is 1.12 bits per heavy atom. The number of hydrogen-bond acceptors (Lipinski definition) is 5. The average molecular weight is 460 g/mol. The zero-order valence-corrected chi connectivity index (χ0v) is 19.7. The Labute approximate surface area is 191 Å². The van der Waals surface area contributed by atoms with Gasteiger partial charge in [-0.05, 0) is 80.5 Å². The number of rotatable bonds is 7. The molecule has 2 aromatic rings. The van der Waals surface area contributed by atoms with Gasteiger partial charge in [-0.3, -0.25) is 4.31 Å². The van der Waals surface area contributed by atoms with Gasteiger partial charge in [-0.25, -0.2) is 8.42 Å². The molecule has 0 spiro atoms. The molecule has 4 rings (SSSR count). The summed E-state index contributed by atoms with van der Waals surface area (Å²) in [6.07, 6.45) is 4.00. The van der Waals surface area contributed by atoms with Crippen molar-refractivity contribution in [3.05, 3.63) is 53.6 Å². The molecule has 2 heterocycles. The van der Waals surface area contributed by atoms with Crippen LogP contribution in [0.1, 0.15) is 44.2 Å². The Hall–Kier alpha value is -2.09. The van der Waals surface area contributed by atoms with Gasteiger partial charge in [0, 0.05) is 25.2 Å². The van der Waals surface area contributed by atoms with E-state index in [1.807, 2.05) is 19.1 Å². The molecular weight excluding hydrogens is 426 g/mol. The molecule has 1 saturated heterocycles. The number of nitrogens with zero attached hydrogens (tertiary/aromatic N) is 1. The van der Waals surface area contributed by atoms with Crippen molar-refractivity contribution in [3.8, 4) is 5.75 Å². The van der Waals surface area contributed by atoms with Gasteiger partial charge in [0.05, 0.1) is 17.2 Å². The number of aryl methyl sites for hydroxylation is 2. The summed E-state index contributed by atoms with van der Waals surface area (Å²) in [6, 6.07) is 12.6. The standard InChI is InChI=1S/C25H33NO5S/c1-3-19-5-11-24-21(16-19)6-4-18(2)26(24)32(28,29)23-9-7-22(8-10-23)31-25(17-27)20-12-14-30-15-13-20/h5,7-11,16,18,20,25,27H,3-4,6,12-15,17H2,1-2H3/t18-,25-/m1/s1. The van der Waals surface area contributed by atoms with Crippen LogP contribution in [0.5, 0.6) is 5.75 Å². The van der Waals surface area contributed by atoms with Gasteiger partial charge >= 0.3 is 0 Å². The summed E-state index contributed by atoms with van der Waals surface area (Å²) < 4.78 is 40.1. The smallest absolute Gasteiger partial charge is 0.264 e. The van der Waals surface area contributed by atoms with Gasteiger partial charge in [0.15, 0.2) is 0 Å². The van der Waals surface area contributed by atoms with E-state index in [0.717, 1.165) is 43.4 Å². The minimum Gasteiger partial charge on any atom is -0.488 e. The SMILES string of the molecule is CCc1ccc2c(c1)CC[C@@H](C)N2S(=O)(=O)c1ccc(O[C@H](CO)C2CCOCC2)cc1. The fraction of sp³-hybridized carbons (Fsp3) is 0.520. The van der Waals surface area contributed by atoms with Gasteiger partial charge in [0.1, 0.15) is 11.9 Å². The first-order valence-corrected chi connectivity index (χ1v) is 13.0. The molecule has 0 aliphatic carbocycles. The molecule has 2 aliphatic rings. The quantitative estimate of drug-likeness (QED) is 0.679. The van der Waals surface area contributed by atoms with E-state index in [4.69, 9.17) is 9.47 Å². The van der Waals surface area contributed by atoms with Gasteiger partial charge in [-0.15, -0.1) is 0 Å². The molecule has 2 aromatic carbocycles. The van der Waals surface area contributed by atoms with Gasteiger partial charge in [0.2, 0.25) is 0 Å². The zero-order chi connectivity index (χ0) is 22.7. The minimum atomic E-state index is -3.70. The van der Waals surface area contributed by atoms with Crippen LogP contribution in [0, 0.1) is 5.92 Å². The first kappa shape index (κ1) is 23.1. The molecule has 0 radical (unpaired) electrons. The van der Waals surface area contributed by atoms with Crippen LogP contribution in [0.15, 0.2) is 47.4 Å². The highest BCUT2D eigenvalue weighted by atomic mass is 32.2. The molecule has 2 atom stereocenters. The number of hydrogen-bond donors (Lipinski definition) is 1. The van der Waals surface area contributed by atoms with Crippen LogP contribution < -0.4 is 9.04 Å². The van der Waals surface area contributed by atoms with Crippen molar-refractivity contribution in [2.45, 2.75) is 63.0 Å². The Morgan fingerprint density at radius 3 is 2.50 bits per heavy atom. The maximum Gasteiger partial charge on any atom is 0.264 e. The van der Waals surface area contributed by atoms with Gasteiger partial charge in [-0.1, -0.05) is 19.1 Å². The normalized spacial score (nSPS) is 20.6. The van der Waals surface area contributed by atoms with Crippen LogP contribution in [0.3, 0.4) is 0 Å². The van der Waals surface area contributed by atoms with Crippen LogP contribution in [0.25, 0.3) is 0 Å². The molecule has 0 unspecified atom stereocenters. The third-order valence-corrected chi connectivity index (χ3v) is 8.60. The number of benzene rings is 2. The van der Waals surface area contributed by atoms with E-state index >= 15 is 0 Å². The topological polar surface area (TPSA) is 76.1 Å². The molecule has 0 saturated carbocycles. The van der Waals surface area contributed by atoms with Gasteiger partial charge in [-0.2, -0.15) is 0 Å². The van der Waals surface area contributed by atoms with Crippen molar-refractivity contribution in [2.24, 2.45) is 5.92 Å². The van der Waals surface area contributed by atoms with Gasteiger partial charge < -0.3 is 14.6 Å². The lowest BCUT2D eigenvalue weighted by atomic mass is 9.94. The molecule has 1 N–H and O–H groups in total. The number of ether oxygens (including phenoxy) is 2. The predicted octanol–water partition coefficient (Wildman–Crippen LogP) is 3.95. The Balaban J connectivity index is 1.56. The predicted molar refractivity (Wildman–Crippen MR) is 125 cm³/mol. The number of anilines is 1. The average Bonchev–Trinajstić information content (AvgIpc) is 2.82. The molecule has 1 fully saturated rings. The van der Waals surface area contributed by atoms with E-state index in [0.29, 0.717) is 19.0 Å². The first-order chi connectivity index (χ1) is 15.4. The number of fused-ring (bicyclic) bond motifs is 1. The monoisotopic (exact) mass is 459 g/mol. The molecule has 7 heteroatoms. The summed E-state index contributed by atoms with van der Waals surface area (Å²) in [6.45, 7) is 5.35. The van der Waals surface area contributed by atoms with E-state index in [9.17, 15) is 13.5 Å². The molecular formula is C25H33NO5S. The van der Waals surface area contributed by atoms with Gasteiger partial charge in [0.25, 0.3) is 10.0 Å². The van der Waals surface area contributed by atoms with Crippen LogP contribution in [-0.4, -0.2) is 45.5 Å². The second kappa shape index (κ2) is 9.81. The molecule has 6 nitrogen and oxygen atoms in total. The van der Waals surface area contributed by atoms with Crippen molar-refractivity contribution >= 4 is 15.7 Å². The van der Waals surface area contributed by atoms with E-state index in [1.165, 1.54) is 5.56 Å². The van der Waals surface area contributed by atoms with Crippen LogP contribution in [0.4, 0.5) is 5.69 Å². The molecule has 0 amide bonds. The lowest BCUT2D eigenvalue weighted by molar-refractivity contribution is -0.00307. The van der Waals surface area contributed by atoms with Crippen molar-refractivity contribution in [1.82, 2.24) is 0 Å². The largest absolute Gasteiger partial charge is 0.488 e. The van der Waals surface area contributed by atoms with Crippen molar-refractivity contribution in [1.29, 1.82) is 0 Å². The number of aliphatic hydroxyl groups excluding tert-OH is 1. The van der Waals surface area contributed by atoms with Crippen LogP contribution in [0.2, 0.25) is 0 Å². The summed E-state index contributed by atoms with van der Waals surface area (Å²) in [7, 11) is -3.70. The molecule has 2 aliphatic heterocycles. The van der Waals surface area contributed by atoms with E-state index in [-0.39, 0.29) is 29.6 Å². The second-order valence-electron chi connectivity index (χ2n) is 8.77. The second-order valence-corrected chi connectivity index (χ2v) is 10.6. The fourth-order valence-electron chi connectivity index (χ4n) is 4.71. The third kappa shape index (κ3) is 4.65. The summed E-state index contributed by atoms with van der Waals surface area (Å²) >= 11 is 0. The van der Waals surface area contributed by atoms with Crippen LogP contribution in [-0.2, 0) is 27.6 Å². The summed E-state index contributed by atoms with van der Waals surface area (Å²) in [5.74, 6) is 0.796. The molecule has 0 aromatic heterocycles. The summed E-state index contributed by atoms with van der Waals surface area (Å²) in [5.41, 5.74) is 3.09. The van der Waals surface area contributed by atoms with E-state index < -0.39 is 10.0 Å². The van der Waals surface area contributed by atoms with E-state index in [2.05, 4.69) is 13.0 Å².